The average Bonchev–Trinajstić information content (AvgIpc) is 3.07. The van der Waals surface area contributed by atoms with Crippen molar-refractivity contribution in [1.29, 1.82) is 0 Å². The largest absolute Gasteiger partial charge is 0.296 e. The number of aryl methyl sites for hydroxylation is 1. The van der Waals surface area contributed by atoms with Crippen LogP contribution in [0.5, 0.6) is 0 Å². The Bertz CT molecular complexity index is 1100. The number of benzene rings is 2. The highest BCUT2D eigenvalue weighted by atomic mass is 35.5. The lowest BCUT2D eigenvalue weighted by molar-refractivity contribution is 0.102. The molecule has 0 saturated heterocycles. The number of anilines is 2. The van der Waals surface area contributed by atoms with Gasteiger partial charge in [-0.1, -0.05) is 34.5 Å². The number of nitrogens with one attached hydrogen (secondary N) is 2. The second-order valence-corrected chi connectivity index (χ2v) is 9.11. The summed E-state index contributed by atoms with van der Waals surface area (Å²) in [5.41, 5.74) is 1.39. The second kappa shape index (κ2) is 7.81. The van der Waals surface area contributed by atoms with Gasteiger partial charge < -0.3 is 0 Å². The Kier molecular flexibility index (Phi) is 5.66. The molecule has 1 heterocycles. The number of sulfonamides is 1. The number of nitrogens with zero attached hydrogens (tertiary/aromatic N) is 2. The van der Waals surface area contributed by atoms with Crippen LogP contribution in [0.15, 0.2) is 46.8 Å². The van der Waals surface area contributed by atoms with Crippen LogP contribution in [0.2, 0.25) is 10.0 Å². The van der Waals surface area contributed by atoms with E-state index in [-0.39, 0.29) is 9.47 Å². The van der Waals surface area contributed by atoms with Crippen LogP contribution in [0.1, 0.15) is 15.9 Å². The predicted molar refractivity (Wildman–Crippen MR) is 106 cm³/mol. The topological polar surface area (TPSA) is 101 Å². The van der Waals surface area contributed by atoms with Crippen molar-refractivity contribution in [2.45, 2.75) is 11.3 Å². The third kappa shape index (κ3) is 4.75. The molecule has 140 valence electrons. The Labute approximate surface area is 169 Å². The summed E-state index contributed by atoms with van der Waals surface area (Å²) in [5, 5.41) is 10.9. The molecule has 11 heteroatoms. The molecule has 2 aromatic carbocycles. The fourth-order valence-electron chi connectivity index (χ4n) is 2.07. The monoisotopic (exact) mass is 442 g/mol. The number of hydrogen-bond donors (Lipinski definition) is 2. The van der Waals surface area contributed by atoms with E-state index in [1.165, 1.54) is 0 Å². The van der Waals surface area contributed by atoms with Gasteiger partial charge in [0.15, 0.2) is 0 Å². The quantitative estimate of drug-likeness (QED) is 0.576. The maximum Gasteiger partial charge on any atom is 0.291 e. The summed E-state index contributed by atoms with van der Waals surface area (Å²) in [6.07, 6.45) is 0. The van der Waals surface area contributed by atoms with Gasteiger partial charge in [-0.05, 0) is 55.0 Å². The lowest BCUT2D eigenvalue weighted by atomic mass is 10.2. The summed E-state index contributed by atoms with van der Waals surface area (Å²) in [6.45, 7) is 1.72. The molecule has 1 aromatic heterocycles. The minimum atomic E-state index is -3.95. The molecule has 7 nitrogen and oxygen atoms in total. The molecule has 0 aliphatic carbocycles. The number of halogens is 2. The zero-order valence-electron chi connectivity index (χ0n) is 13.7. The van der Waals surface area contributed by atoms with Crippen molar-refractivity contribution in [3.8, 4) is 0 Å². The number of carbonyl (C=O) groups excluding carboxylic acids is 1. The van der Waals surface area contributed by atoms with Crippen LogP contribution >= 0.6 is 34.5 Å². The maximum atomic E-state index is 12.5. The summed E-state index contributed by atoms with van der Waals surface area (Å²) >= 11 is 12.4. The molecular weight excluding hydrogens is 431 g/mol. The molecule has 0 saturated carbocycles. The van der Waals surface area contributed by atoms with Crippen molar-refractivity contribution in [3.63, 3.8) is 0 Å². The molecule has 0 unspecified atom stereocenters. The van der Waals surface area contributed by atoms with Crippen LogP contribution in [-0.4, -0.2) is 24.5 Å². The first kappa shape index (κ1) is 19.6. The normalized spacial score (nSPS) is 11.2. The minimum absolute atomic E-state index is 0.0585. The van der Waals surface area contributed by atoms with Gasteiger partial charge in [-0.25, -0.2) is 0 Å². The Balaban J connectivity index is 1.75. The van der Waals surface area contributed by atoms with E-state index >= 15 is 0 Å². The van der Waals surface area contributed by atoms with Gasteiger partial charge in [0.05, 0.1) is 5.69 Å². The highest BCUT2D eigenvalue weighted by Crippen LogP contribution is 2.26. The Hall–Kier alpha value is -2.20. The molecule has 1 amide bonds. The van der Waals surface area contributed by atoms with Gasteiger partial charge in [0.25, 0.3) is 20.3 Å². The molecular formula is C16H12Cl2N4O3S2. The van der Waals surface area contributed by atoms with E-state index in [4.69, 9.17) is 23.2 Å². The minimum Gasteiger partial charge on any atom is -0.296 e. The molecule has 27 heavy (non-hydrogen) atoms. The first-order valence-electron chi connectivity index (χ1n) is 7.44. The fourth-order valence-corrected chi connectivity index (χ4v) is 4.45. The number of hydrogen-bond acceptors (Lipinski definition) is 6. The fraction of sp³-hybridized carbons (Fsp3) is 0.0625. The van der Waals surface area contributed by atoms with Crippen molar-refractivity contribution < 1.29 is 13.2 Å². The number of amides is 1. The van der Waals surface area contributed by atoms with Crippen LogP contribution in [0.3, 0.4) is 0 Å². The van der Waals surface area contributed by atoms with E-state index in [1.54, 1.807) is 49.4 Å². The Morgan fingerprint density at radius 3 is 2.37 bits per heavy atom. The zero-order chi connectivity index (χ0) is 19.6. The first-order valence-corrected chi connectivity index (χ1v) is 10.5. The molecule has 0 aliphatic heterocycles. The van der Waals surface area contributed by atoms with Crippen LogP contribution in [0.25, 0.3) is 0 Å². The molecule has 0 aliphatic rings. The molecule has 2 N–H and O–H groups in total. The molecule has 3 rings (SSSR count). The highest BCUT2D eigenvalue weighted by Gasteiger charge is 2.22. The van der Waals surface area contributed by atoms with Crippen LogP contribution < -0.4 is 10.0 Å². The summed E-state index contributed by atoms with van der Waals surface area (Å²) < 4.78 is 27.1. The van der Waals surface area contributed by atoms with Crippen molar-refractivity contribution in [1.82, 2.24) is 10.2 Å². The number of aromatic nitrogens is 2. The van der Waals surface area contributed by atoms with Crippen LogP contribution in [0.4, 0.5) is 10.8 Å². The molecule has 3 aromatic rings. The van der Waals surface area contributed by atoms with E-state index in [2.05, 4.69) is 20.2 Å². The van der Waals surface area contributed by atoms with Gasteiger partial charge in [0, 0.05) is 15.6 Å². The Morgan fingerprint density at radius 2 is 1.70 bits per heavy atom. The van der Waals surface area contributed by atoms with Gasteiger partial charge in [-0.15, -0.1) is 10.2 Å². The van der Waals surface area contributed by atoms with E-state index < -0.39 is 15.9 Å². The van der Waals surface area contributed by atoms with Crippen molar-refractivity contribution in [3.05, 3.63) is 63.6 Å². The van der Waals surface area contributed by atoms with Crippen LogP contribution in [-0.2, 0) is 10.0 Å². The first-order chi connectivity index (χ1) is 12.7. The van der Waals surface area contributed by atoms with Gasteiger partial charge in [0.1, 0.15) is 0 Å². The molecule has 0 spiro atoms. The van der Waals surface area contributed by atoms with Crippen molar-refractivity contribution in [2.75, 3.05) is 10.0 Å². The molecule has 0 bridgehead atoms. The van der Waals surface area contributed by atoms with Crippen LogP contribution in [0, 0.1) is 6.92 Å². The molecule has 0 radical (unpaired) electrons. The van der Waals surface area contributed by atoms with Gasteiger partial charge >= 0.3 is 0 Å². The summed E-state index contributed by atoms with van der Waals surface area (Å²) in [5.74, 6) is -0.451. The Morgan fingerprint density at radius 1 is 1.04 bits per heavy atom. The lowest BCUT2D eigenvalue weighted by Crippen LogP contribution is -2.13. The SMILES string of the molecule is Cc1cc(Cl)ccc1NS(=O)(=O)c1nnc(NC(=O)c2ccc(Cl)cc2)s1. The summed E-state index contributed by atoms with van der Waals surface area (Å²) in [6, 6.07) is 11.0. The maximum absolute atomic E-state index is 12.5. The van der Waals surface area contributed by atoms with Gasteiger partial charge in [-0.2, -0.15) is 8.42 Å². The van der Waals surface area contributed by atoms with E-state index in [0.29, 0.717) is 26.9 Å². The molecule has 0 fully saturated rings. The van der Waals surface area contributed by atoms with E-state index in [1.807, 2.05) is 0 Å². The van der Waals surface area contributed by atoms with E-state index in [9.17, 15) is 13.2 Å². The number of carbonyl (C=O) groups is 1. The van der Waals surface area contributed by atoms with Crippen molar-refractivity contribution >= 4 is 61.3 Å². The lowest BCUT2D eigenvalue weighted by Gasteiger charge is -2.08. The average molecular weight is 443 g/mol. The third-order valence-electron chi connectivity index (χ3n) is 3.40. The second-order valence-electron chi connectivity index (χ2n) is 5.40. The standard InChI is InChI=1S/C16H12Cl2N4O3S2/c1-9-8-12(18)6-7-13(9)22-27(24,25)16-21-20-15(26-16)19-14(23)10-2-4-11(17)5-3-10/h2-8,22H,1H3,(H,19,20,23). The predicted octanol–water partition coefficient (Wildman–Crippen LogP) is 4.21. The third-order valence-corrected chi connectivity index (χ3v) is 6.45. The number of rotatable bonds is 5. The summed E-state index contributed by atoms with van der Waals surface area (Å²) in [4.78, 5) is 12.2. The van der Waals surface area contributed by atoms with Crippen molar-refractivity contribution in [2.24, 2.45) is 0 Å². The van der Waals surface area contributed by atoms with Gasteiger partial charge in [0.2, 0.25) is 5.13 Å². The smallest absolute Gasteiger partial charge is 0.291 e. The summed E-state index contributed by atoms with van der Waals surface area (Å²) in [7, 11) is -3.95. The van der Waals surface area contributed by atoms with E-state index in [0.717, 1.165) is 11.3 Å². The highest BCUT2D eigenvalue weighted by molar-refractivity contribution is 7.94. The zero-order valence-corrected chi connectivity index (χ0v) is 16.9. The van der Waals surface area contributed by atoms with Gasteiger partial charge in [-0.3, -0.25) is 14.8 Å². The molecule has 0 atom stereocenters.